The Morgan fingerprint density at radius 2 is 2.07 bits per heavy atom. The van der Waals surface area contributed by atoms with Crippen molar-refractivity contribution in [2.75, 3.05) is 0 Å². The van der Waals surface area contributed by atoms with E-state index >= 15 is 0 Å². The number of ketones is 1. The first kappa shape index (κ1) is 10.7. The van der Waals surface area contributed by atoms with E-state index in [0.29, 0.717) is 6.42 Å². The van der Waals surface area contributed by atoms with Crippen LogP contribution in [0.25, 0.3) is 0 Å². The summed E-state index contributed by atoms with van der Waals surface area (Å²) in [5, 5.41) is 9.30. The van der Waals surface area contributed by atoms with Gasteiger partial charge in [-0.15, -0.1) is 0 Å². The molecule has 1 rings (SSSR count). The fraction of sp³-hybridized carbons (Fsp3) is 0.455. The molecule has 0 amide bonds. The Hall–Kier alpha value is -1.38. The van der Waals surface area contributed by atoms with Crippen LogP contribution < -0.4 is 0 Å². The number of carbonyl (C=O) groups is 1. The molecule has 0 fully saturated rings. The van der Waals surface area contributed by atoms with Crippen molar-refractivity contribution in [1.29, 1.82) is 0 Å². The van der Waals surface area contributed by atoms with Gasteiger partial charge in [0.05, 0.1) is 17.4 Å². The number of Topliss-reactive ketones (excluding diaryl/α,β-unsaturated/α-hetero) is 1. The van der Waals surface area contributed by atoms with Gasteiger partial charge in [-0.05, 0) is 32.9 Å². The molecule has 1 atom stereocenters. The minimum absolute atomic E-state index is 0.0425. The fourth-order valence-corrected chi connectivity index (χ4v) is 1.40. The Morgan fingerprint density at radius 3 is 2.57 bits per heavy atom. The summed E-state index contributed by atoms with van der Waals surface area (Å²) in [5.41, 5.74) is 1.66. The lowest BCUT2D eigenvalue weighted by molar-refractivity contribution is -0.119. The van der Waals surface area contributed by atoms with Crippen LogP contribution >= 0.6 is 0 Å². The molecule has 0 saturated heterocycles. The summed E-state index contributed by atoms with van der Waals surface area (Å²) >= 11 is 0. The predicted molar refractivity (Wildman–Crippen MR) is 56.4 cm³/mol. The highest BCUT2D eigenvalue weighted by Crippen LogP contribution is 2.25. The van der Waals surface area contributed by atoms with E-state index in [1.165, 1.54) is 6.92 Å². The Bertz CT molecular complexity index is 333. The maximum absolute atomic E-state index is 11.3. The van der Waals surface area contributed by atoms with Crippen molar-refractivity contribution < 1.29 is 9.90 Å². The highest BCUT2D eigenvalue weighted by atomic mass is 16.3. The van der Waals surface area contributed by atoms with Crippen molar-refractivity contribution in [3.05, 3.63) is 23.6 Å². The number of carbonyl (C=O) groups excluding carboxylic acids is 1. The van der Waals surface area contributed by atoms with Gasteiger partial charge in [-0.2, -0.15) is 0 Å². The Balaban J connectivity index is 2.98. The Kier molecular flexibility index (Phi) is 3.23. The molecule has 0 aromatic carbocycles. The van der Waals surface area contributed by atoms with Gasteiger partial charge in [0.2, 0.25) is 0 Å². The number of allylic oxidation sites excluding steroid dienone is 4. The largest absolute Gasteiger partial charge is 0.512 e. The van der Waals surface area contributed by atoms with Crippen molar-refractivity contribution >= 4 is 11.5 Å². The normalized spacial score (nSPS) is 20.9. The molecule has 76 valence electrons. The van der Waals surface area contributed by atoms with E-state index in [2.05, 4.69) is 4.99 Å². The predicted octanol–water partition coefficient (Wildman–Crippen LogP) is 2.40. The monoisotopic (exact) mass is 193 g/mol. The first-order valence-electron chi connectivity index (χ1n) is 4.62. The van der Waals surface area contributed by atoms with E-state index in [4.69, 9.17) is 0 Å². The van der Waals surface area contributed by atoms with Crippen LogP contribution in [0, 0.1) is 5.92 Å². The van der Waals surface area contributed by atoms with Crippen LogP contribution in [0.2, 0.25) is 0 Å². The molecule has 0 aromatic heterocycles. The lowest BCUT2D eigenvalue weighted by Crippen LogP contribution is -2.16. The van der Waals surface area contributed by atoms with Gasteiger partial charge in [-0.3, -0.25) is 9.79 Å². The number of hydrogen-bond acceptors (Lipinski definition) is 3. The van der Waals surface area contributed by atoms with Crippen LogP contribution in [0.5, 0.6) is 0 Å². The molecule has 1 N–H and O–H groups in total. The van der Waals surface area contributed by atoms with Crippen LogP contribution in [0.4, 0.5) is 0 Å². The van der Waals surface area contributed by atoms with Gasteiger partial charge < -0.3 is 5.11 Å². The molecule has 1 unspecified atom stereocenters. The zero-order valence-electron chi connectivity index (χ0n) is 8.74. The van der Waals surface area contributed by atoms with Gasteiger partial charge in [0, 0.05) is 12.1 Å². The average molecular weight is 193 g/mol. The number of nitrogens with zero attached hydrogens (tertiary/aromatic N) is 1. The summed E-state index contributed by atoms with van der Waals surface area (Å²) in [6.07, 6.45) is 3.68. The minimum atomic E-state index is -0.283. The molecule has 0 saturated carbocycles. The third-order valence-electron chi connectivity index (χ3n) is 2.06. The number of aliphatic imine (C=N–C) groups is 1. The van der Waals surface area contributed by atoms with Crippen molar-refractivity contribution in [3.63, 3.8) is 0 Å². The molecule has 0 bridgehead atoms. The second kappa shape index (κ2) is 4.22. The van der Waals surface area contributed by atoms with Crippen LogP contribution in [0.3, 0.4) is 0 Å². The standard InChI is InChI=1S/C11H15NO2/c1-7(2)12-11-5-4-9(14)6-10(11)8(3)13/h4-5,10,14H,6H2,1-3H3. The molecule has 14 heavy (non-hydrogen) atoms. The molecule has 1 aliphatic carbocycles. The maximum atomic E-state index is 11.3. The van der Waals surface area contributed by atoms with E-state index in [-0.39, 0.29) is 17.5 Å². The Morgan fingerprint density at radius 1 is 1.43 bits per heavy atom. The molecule has 0 aliphatic heterocycles. The van der Waals surface area contributed by atoms with Gasteiger partial charge >= 0.3 is 0 Å². The smallest absolute Gasteiger partial charge is 0.139 e. The first-order valence-corrected chi connectivity index (χ1v) is 4.62. The molecule has 3 nitrogen and oxygen atoms in total. The second-order valence-corrected chi connectivity index (χ2v) is 3.68. The van der Waals surface area contributed by atoms with Crippen LogP contribution in [-0.4, -0.2) is 16.6 Å². The second-order valence-electron chi connectivity index (χ2n) is 3.68. The lowest BCUT2D eigenvalue weighted by Gasteiger charge is -2.17. The number of rotatable bonds is 2. The summed E-state index contributed by atoms with van der Waals surface area (Å²) in [6.45, 7) is 5.30. The van der Waals surface area contributed by atoms with E-state index in [1.807, 2.05) is 13.8 Å². The summed E-state index contributed by atoms with van der Waals surface area (Å²) in [6, 6.07) is 0. The summed E-state index contributed by atoms with van der Waals surface area (Å²) < 4.78 is 0. The van der Waals surface area contributed by atoms with E-state index in [0.717, 1.165) is 11.4 Å². The van der Waals surface area contributed by atoms with E-state index in [1.54, 1.807) is 12.2 Å². The number of hydrogen-bond donors (Lipinski definition) is 1. The van der Waals surface area contributed by atoms with Crippen LogP contribution in [-0.2, 0) is 4.79 Å². The average Bonchev–Trinajstić information content (AvgIpc) is 2.07. The zero-order chi connectivity index (χ0) is 10.7. The molecule has 3 heteroatoms. The van der Waals surface area contributed by atoms with Gasteiger partial charge in [0.1, 0.15) is 5.78 Å². The summed E-state index contributed by atoms with van der Waals surface area (Å²) in [5.74, 6) is 0.00806. The van der Waals surface area contributed by atoms with Crippen molar-refractivity contribution in [3.8, 4) is 0 Å². The maximum Gasteiger partial charge on any atom is 0.139 e. The fourth-order valence-electron chi connectivity index (χ4n) is 1.40. The molecule has 0 aromatic rings. The number of aliphatic hydroxyl groups excluding tert-OH is 1. The van der Waals surface area contributed by atoms with E-state index < -0.39 is 0 Å². The highest BCUT2D eigenvalue weighted by molar-refractivity contribution is 5.85. The lowest BCUT2D eigenvalue weighted by atomic mass is 9.92. The van der Waals surface area contributed by atoms with Crippen molar-refractivity contribution in [2.24, 2.45) is 10.9 Å². The highest BCUT2D eigenvalue weighted by Gasteiger charge is 2.22. The topological polar surface area (TPSA) is 49.7 Å². The zero-order valence-corrected chi connectivity index (χ0v) is 8.74. The first-order chi connectivity index (χ1) is 6.50. The summed E-state index contributed by atoms with van der Waals surface area (Å²) in [4.78, 5) is 15.6. The molecule has 1 aliphatic rings. The minimum Gasteiger partial charge on any atom is -0.512 e. The quantitative estimate of drug-likeness (QED) is 0.684. The third kappa shape index (κ3) is 2.55. The molecule has 0 radical (unpaired) electrons. The van der Waals surface area contributed by atoms with Crippen molar-refractivity contribution in [2.45, 2.75) is 27.2 Å². The molecular formula is C11H15NO2. The Labute approximate surface area is 83.9 Å². The van der Waals surface area contributed by atoms with Gasteiger partial charge in [-0.1, -0.05) is 0 Å². The van der Waals surface area contributed by atoms with Crippen LogP contribution in [0.1, 0.15) is 27.2 Å². The third-order valence-corrected chi connectivity index (χ3v) is 2.06. The number of aliphatic hydroxyl groups is 1. The van der Waals surface area contributed by atoms with Crippen molar-refractivity contribution in [1.82, 2.24) is 0 Å². The van der Waals surface area contributed by atoms with Gasteiger partial charge in [-0.25, -0.2) is 0 Å². The van der Waals surface area contributed by atoms with Gasteiger partial charge in [0.25, 0.3) is 0 Å². The van der Waals surface area contributed by atoms with Gasteiger partial charge in [0.15, 0.2) is 0 Å². The summed E-state index contributed by atoms with van der Waals surface area (Å²) in [7, 11) is 0. The SMILES string of the molecule is CC(=O)C1CC(O)=CC=C1N=C(C)C. The van der Waals surface area contributed by atoms with E-state index in [9.17, 15) is 9.90 Å². The van der Waals surface area contributed by atoms with Crippen LogP contribution in [0.15, 0.2) is 28.6 Å². The molecule has 0 heterocycles. The molecular weight excluding hydrogens is 178 g/mol. The molecule has 0 spiro atoms.